The summed E-state index contributed by atoms with van der Waals surface area (Å²) in [6.07, 6.45) is 3.50. The van der Waals surface area contributed by atoms with Gasteiger partial charge in [0, 0.05) is 11.6 Å². The molecular formula is C16H22BrNO2. The number of carbonyl (C=O) groups is 1. The molecule has 1 aliphatic carbocycles. The van der Waals surface area contributed by atoms with E-state index in [1.807, 2.05) is 12.1 Å². The summed E-state index contributed by atoms with van der Waals surface area (Å²) < 4.78 is 5.98. The number of methoxy groups -OCH3 is 1. The van der Waals surface area contributed by atoms with Crippen LogP contribution in [0.5, 0.6) is 5.75 Å². The second kappa shape index (κ2) is 6.61. The van der Waals surface area contributed by atoms with E-state index in [1.165, 1.54) is 12.8 Å². The number of benzene rings is 1. The van der Waals surface area contributed by atoms with E-state index >= 15 is 0 Å². The van der Waals surface area contributed by atoms with Gasteiger partial charge >= 0.3 is 0 Å². The molecule has 1 amide bonds. The van der Waals surface area contributed by atoms with Crippen LogP contribution in [0.3, 0.4) is 0 Å². The zero-order chi connectivity index (χ0) is 14.7. The number of halogens is 1. The van der Waals surface area contributed by atoms with Crippen LogP contribution in [-0.2, 0) is 0 Å². The smallest absolute Gasteiger partial charge is 0.251 e. The van der Waals surface area contributed by atoms with Gasteiger partial charge in [0.05, 0.1) is 11.6 Å². The van der Waals surface area contributed by atoms with Crippen LogP contribution >= 0.6 is 15.9 Å². The molecule has 1 N–H and O–H groups in total. The first kappa shape index (κ1) is 15.4. The highest BCUT2D eigenvalue weighted by molar-refractivity contribution is 9.10. The number of ether oxygens (including phenoxy) is 1. The lowest BCUT2D eigenvalue weighted by atomic mass is 9.93. The van der Waals surface area contributed by atoms with Crippen molar-refractivity contribution in [3.63, 3.8) is 0 Å². The Morgan fingerprint density at radius 1 is 1.45 bits per heavy atom. The van der Waals surface area contributed by atoms with Crippen molar-refractivity contribution in [1.29, 1.82) is 0 Å². The first-order valence-electron chi connectivity index (χ1n) is 7.21. The van der Waals surface area contributed by atoms with Gasteiger partial charge in [0.15, 0.2) is 0 Å². The van der Waals surface area contributed by atoms with Crippen molar-refractivity contribution in [2.24, 2.45) is 11.8 Å². The Labute approximate surface area is 129 Å². The van der Waals surface area contributed by atoms with Crippen molar-refractivity contribution < 1.29 is 9.53 Å². The minimum atomic E-state index is 0.00181. The van der Waals surface area contributed by atoms with Crippen LogP contribution in [0.2, 0.25) is 0 Å². The summed E-state index contributed by atoms with van der Waals surface area (Å²) in [7, 11) is 1.62. The summed E-state index contributed by atoms with van der Waals surface area (Å²) in [6, 6.07) is 5.72. The highest BCUT2D eigenvalue weighted by atomic mass is 79.9. The molecule has 2 rings (SSSR count). The highest BCUT2D eigenvalue weighted by Gasteiger charge is 2.32. The number of hydrogen-bond donors (Lipinski definition) is 1. The van der Waals surface area contributed by atoms with Gasteiger partial charge in [-0.1, -0.05) is 20.3 Å². The Hall–Kier alpha value is -1.03. The standard InChI is InChI=1S/C16H22BrNO2/c1-4-11-5-7-14(10(11)2)18-16(19)12-6-8-15(20-3)13(17)9-12/h6,8-11,14H,4-5,7H2,1-3H3,(H,18,19). The predicted molar refractivity (Wildman–Crippen MR) is 84.1 cm³/mol. The van der Waals surface area contributed by atoms with Crippen LogP contribution in [0.15, 0.2) is 22.7 Å². The van der Waals surface area contributed by atoms with Crippen molar-refractivity contribution in [3.05, 3.63) is 28.2 Å². The Kier molecular flexibility index (Phi) is 5.08. The van der Waals surface area contributed by atoms with E-state index in [1.54, 1.807) is 13.2 Å². The molecular weight excluding hydrogens is 318 g/mol. The molecule has 0 saturated heterocycles. The molecule has 0 aliphatic heterocycles. The molecule has 1 saturated carbocycles. The van der Waals surface area contributed by atoms with Gasteiger partial charge in [0.2, 0.25) is 0 Å². The summed E-state index contributed by atoms with van der Waals surface area (Å²) in [5.41, 5.74) is 0.671. The third kappa shape index (κ3) is 3.17. The predicted octanol–water partition coefficient (Wildman–Crippen LogP) is 4.01. The molecule has 0 aromatic heterocycles. The van der Waals surface area contributed by atoms with Crippen LogP contribution in [0, 0.1) is 11.8 Å². The van der Waals surface area contributed by atoms with E-state index in [9.17, 15) is 4.79 Å². The van der Waals surface area contributed by atoms with Gasteiger partial charge in [0.25, 0.3) is 5.91 Å². The molecule has 0 radical (unpaired) electrons. The number of carbonyl (C=O) groups excluding carboxylic acids is 1. The van der Waals surface area contributed by atoms with Gasteiger partial charge < -0.3 is 10.1 Å². The van der Waals surface area contributed by atoms with Crippen LogP contribution in [0.25, 0.3) is 0 Å². The van der Waals surface area contributed by atoms with Gasteiger partial charge in [-0.3, -0.25) is 4.79 Å². The minimum absolute atomic E-state index is 0.00181. The van der Waals surface area contributed by atoms with E-state index in [0.29, 0.717) is 17.5 Å². The number of rotatable bonds is 4. The average Bonchev–Trinajstić information content (AvgIpc) is 2.79. The molecule has 0 heterocycles. The number of amides is 1. The summed E-state index contributed by atoms with van der Waals surface area (Å²) in [4.78, 5) is 12.3. The van der Waals surface area contributed by atoms with Crippen molar-refractivity contribution in [3.8, 4) is 5.75 Å². The van der Waals surface area contributed by atoms with E-state index in [-0.39, 0.29) is 5.91 Å². The summed E-state index contributed by atoms with van der Waals surface area (Å²) in [6.45, 7) is 4.47. The lowest BCUT2D eigenvalue weighted by molar-refractivity contribution is 0.0926. The Morgan fingerprint density at radius 3 is 2.75 bits per heavy atom. The lowest BCUT2D eigenvalue weighted by Crippen LogP contribution is -2.37. The fraction of sp³-hybridized carbons (Fsp3) is 0.562. The second-order valence-electron chi connectivity index (χ2n) is 5.53. The van der Waals surface area contributed by atoms with Crippen LogP contribution in [0.1, 0.15) is 43.5 Å². The van der Waals surface area contributed by atoms with E-state index < -0.39 is 0 Å². The third-order valence-electron chi connectivity index (χ3n) is 4.48. The zero-order valence-electron chi connectivity index (χ0n) is 12.3. The minimum Gasteiger partial charge on any atom is -0.496 e. The van der Waals surface area contributed by atoms with Gasteiger partial charge in [-0.25, -0.2) is 0 Å². The molecule has 3 atom stereocenters. The van der Waals surface area contributed by atoms with Crippen molar-refractivity contribution in [2.45, 2.75) is 39.2 Å². The molecule has 1 fully saturated rings. The highest BCUT2D eigenvalue weighted by Crippen LogP contribution is 2.34. The zero-order valence-corrected chi connectivity index (χ0v) is 13.9. The lowest BCUT2D eigenvalue weighted by Gasteiger charge is -2.21. The van der Waals surface area contributed by atoms with Crippen LogP contribution in [0.4, 0.5) is 0 Å². The Balaban J connectivity index is 2.04. The van der Waals surface area contributed by atoms with E-state index in [0.717, 1.165) is 22.6 Å². The maximum absolute atomic E-state index is 12.3. The SMILES string of the molecule is CCC1CCC(NC(=O)c2ccc(OC)c(Br)c2)C1C. The normalized spacial score (nSPS) is 25.5. The first-order valence-corrected chi connectivity index (χ1v) is 8.00. The molecule has 3 nitrogen and oxygen atoms in total. The summed E-state index contributed by atoms with van der Waals surface area (Å²) in [5.74, 6) is 2.04. The maximum Gasteiger partial charge on any atom is 0.251 e. The molecule has 1 aromatic rings. The fourth-order valence-electron chi connectivity index (χ4n) is 3.09. The maximum atomic E-state index is 12.3. The summed E-state index contributed by atoms with van der Waals surface area (Å²) in [5, 5.41) is 3.17. The van der Waals surface area contributed by atoms with Crippen LogP contribution < -0.4 is 10.1 Å². The van der Waals surface area contributed by atoms with Gasteiger partial charge in [-0.15, -0.1) is 0 Å². The molecule has 20 heavy (non-hydrogen) atoms. The van der Waals surface area contributed by atoms with Crippen molar-refractivity contribution >= 4 is 21.8 Å². The van der Waals surface area contributed by atoms with Gasteiger partial charge in [-0.05, 0) is 58.8 Å². The van der Waals surface area contributed by atoms with Crippen molar-refractivity contribution in [2.75, 3.05) is 7.11 Å². The molecule has 0 spiro atoms. The Morgan fingerprint density at radius 2 is 2.20 bits per heavy atom. The van der Waals surface area contributed by atoms with Gasteiger partial charge in [0.1, 0.15) is 5.75 Å². The molecule has 110 valence electrons. The fourth-order valence-corrected chi connectivity index (χ4v) is 3.63. The molecule has 1 aliphatic rings. The molecule has 1 aromatic carbocycles. The molecule has 3 unspecified atom stereocenters. The third-order valence-corrected chi connectivity index (χ3v) is 5.10. The number of hydrogen-bond acceptors (Lipinski definition) is 2. The molecule has 4 heteroatoms. The van der Waals surface area contributed by atoms with E-state index in [4.69, 9.17) is 4.74 Å². The second-order valence-corrected chi connectivity index (χ2v) is 6.39. The van der Waals surface area contributed by atoms with Crippen molar-refractivity contribution in [1.82, 2.24) is 5.32 Å². The Bertz CT molecular complexity index is 489. The number of nitrogens with one attached hydrogen (secondary N) is 1. The largest absolute Gasteiger partial charge is 0.496 e. The van der Waals surface area contributed by atoms with Crippen LogP contribution in [-0.4, -0.2) is 19.1 Å². The molecule has 0 bridgehead atoms. The van der Waals surface area contributed by atoms with E-state index in [2.05, 4.69) is 35.1 Å². The first-order chi connectivity index (χ1) is 9.56. The monoisotopic (exact) mass is 339 g/mol. The average molecular weight is 340 g/mol. The topological polar surface area (TPSA) is 38.3 Å². The summed E-state index contributed by atoms with van der Waals surface area (Å²) >= 11 is 3.42. The quantitative estimate of drug-likeness (QED) is 0.899. The van der Waals surface area contributed by atoms with Gasteiger partial charge in [-0.2, -0.15) is 0 Å².